The number of para-hydroxylation sites is 2. The SMILES string of the molecule is Cc1cccc(N2CCN(C(=O)COc3ccc(-c4cnc5ccccc5n4)cc3)C[C@H]2C)c1. The summed E-state index contributed by atoms with van der Waals surface area (Å²) in [6, 6.07) is 24.2. The number of benzene rings is 3. The van der Waals surface area contributed by atoms with E-state index in [4.69, 9.17) is 4.74 Å². The number of amides is 1. The topological polar surface area (TPSA) is 58.6 Å². The first-order valence-corrected chi connectivity index (χ1v) is 11.6. The molecule has 0 N–H and O–H groups in total. The highest BCUT2D eigenvalue weighted by Crippen LogP contribution is 2.23. The van der Waals surface area contributed by atoms with Crippen LogP contribution in [0, 0.1) is 6.92 Å². The molecule has 0 aliphatic carbocycles. The lowest BCUT2D eigenvalue weighted by Gasteiger charge is -2.41. The van der Waals surface area contributed by atoms with Gasteiger partial charge in [-0.1, -0.05) is 24.3 Å². The van der Waals surface area contributed by atoms with E-state index in [1.807, 2.05) is 53.4 Å². The zero-order chi connectivity index (χ0) is 23.5. The molecule has 1 aromatic heterocycles. The maximum Gasteiger partial charge on any atom is 0.260 e. The van der Waals surface area contributed by atoms with E-state index in [1.165, 1.54) is 11.3 Å². The van der Waals surface area contributed by atoms with Gasteiger partial charge >= 0.3 is 0 Å². The summed E-state index contributed by atoms with van der Waals surface area (Å²) in [5.74, 6) is 0.678. The lowest BCUT2D eigenvalue weighted by atomic mass is 10.1. The number of aromatic nitrogens is 2. The molecule has 0 saturated carbocycles. The van der Waals surface area contributed by atoms with Gasteiger partial charge in [0.1, 0.15) is 5.75 Å². The summed E-state index contributed by atoms with van der Waals surface area (Å²) in [5, 5.41) is 0. The quantitative estimate of drug-likeness (QED) is 0.439. The molecule has 4 aromatic rings. The smallest absolute Gasteiger partial charge is 0.260 e. The van der Waals surface area contributed by atoms with E-state index >= 15 is 0 Å². The first-order chi connectivity index (χ1) is 16.6. The third kappa shape index (κ3) is 4.71. The summed E-state index contributed by atoms with van der Waals surface area (Å²) >= 11 is 0. The summed E-state index contributed by atoms with van der Waals surface area (Å²) < 4.78 is 5.80. The van der Waals surface area contributed by atoms with Gasteiger partial charge in [0, 0.05) is 36.9 Å². The Kier molecular flexibility index (Phi) is 6.12. The second-order valence-corrected chi connectivity index (χ2v) is 8.78. The Bertz CT molecular complexity index is 1310. The number of carbonyl (C=O) groups excluding carboxylic acids is 1. The zero-order valence-corrected chi connectivity index (χ0v) is 19.5. The van der Waals surface area contributed by atoms with Crippen LogP contribution in [-0.4, -0.2) is 53.1 Å². The van der Waals surface area contributed by atoms with Gasteiger partial charge in [-0.05, 0) is 67.9 Å². The molecule has 34 heavy (non-hydrogen) atoms. The number of aryl methyl sites for hydroxylation is 1. The van der Waals surface area contributed by atoms with Crippen molar-refractivity contribution in [1.29, 1.82) is 0 Å². The van der Waals surface area contributed by atoms with Crippen LogP contribution in [0.3, 0.4) is 0 Å². The highest BCUT2D eigenvalue weighted by Gasteiger charge is 2.27. The summed E-state index contributed by atoms with van der Waals surface area (Å²) in [6.45, 7) is 6.50. The Morgan fingerprint density at radius 3 is 2.56 bits per heavy atom. The molecule has 6 nitrogen and oxygen atoms in total. The van der Waals surface area contributed by atoms with E-state index in [9.17, 15) is 4.79 Å². The Balaban J connectivity index is 1.17. The maximum atomic E-state index is 12.8. The number of fused-ring (bicyclic) bond motifs is 1. The number of rotatable bonds is 5. The fourth-order valence-electron chi connectivity index (χ4n) is 4.43. The van der Waals surface area contributed by atoms with E-state index in [2.05, 4.69) is 53.0 Å². The van der Waals surface area contributed by atoms with E-state index in [1.54, 1.807) is 6.20 Å². The molecule has 0 unspecified atom stereocenters. The molecular weight excluding hydrogens is 424 g/mol. The van der Waals surface area contributed by atoms with Crippen LogP contribution >= 0.6 is 0 Å². The molecule has 1 atom stereocenters. The summed E-state index contributed by atoms with van der Waals surface area (Å²) in [7, 11) is 0. The molecule has 5 rings (SSSR count). The monoisotopic (exact) mass is 452 g/mol. The molecule has 3 aromatic carbocycles. The Labute approximate surface area is 199 Å². The molecule has 1 aliphatic heterocycles. The van der Waals surface area contributed by atoms with Gasteiger partial charge < -0.3 is 14.5 Å². The van der Waals surface area contributed by atoms with E-state index in [0.29, 0.717) is 18.8 Å². The third-order valence-electron chi connectivity index (χ3n) is 6.27. The predicted molar refractivity (Wildman–Crippen MR) is 135 cm³/mol. The molecule has 1 saturated heterocycles. The highest BCUT2D eigenvalue weighted by atomic mass is 16.5. The van der Waals surface area contributed by atoms with Crippen molar-refractivity contribution < 1.29 is 9.53 Å². The van der Waals surface area contributed by atoms with Crippen LogP contribution < -0.4 is 9.64 Å². The van der Waals surface area contributed by atoms with Gasteiger partial charge in [-0.25, -0.2) is 4.98 Å². The van der Waals surface area contributed by atoms with Crippen LogP contribution in [0.4, 0.5) is 5.69 Å². The van der Waals surface area contributed by atoms with Gasteiger partial charge in [0.15, 0.2) is 6.61 Å². The van der Waals surface area contributed by atoms with Gasteiger partial charge in [0.25, 0.3) is 5.91 Å². The summed E-state index contributed by atoms with van der Waals surface area (Å²) in [6.07, 6.45) is 1.78. The minimum atomic E-state index is 0.0141. The molecule has 0 bridgehead atoms. The Morgan fingerprint density at radius 1 is 1.00 bits per heavy atom. The van der Waals surface area contributed by atoms with Gasteiger partial charge in [-0.3, -0.25) is 9.78 Å². The van der Waals surface area contributed by atoms with Crippen molar-refractivity contribution in [2.75, 3.05) is 31.1 Å². The molecule has 0 radical (unpaired) electrons. The van der Waals surface area contributed by atoms with E-state index in [-0.39, 0.29) is 18.6 Å². The first-order valence-electron chi connectivity index (χ1n) is 11.6. The second-order valence-electron chi connectivity index (χ2n) is 8.78. The standard InChI is InChI=1S/C28H28N4O2/c1-20-6-5-7-23(16-20)32-15-14-31(18-21(32)2)28(33)19-34-24-12-10-22(11-13-24)27-17-29-25-8-3-4-9-26(25)30-27/h3-13,16-17,21H,14-15,18-19H2,1-2H3/t21-/m1/s1. The van der Waals surface area contributed by atoms with Crippen LogP contribution in [0.5, 0.6) is 5.75 Å². The first kappa shape index (κ1) is 21.9. The van der Waals surface area contributed by atoms with Crippen molar-refractivity contribution in [2.45, 2.75) is 19.9 Å². The molecule has 172 valence electrons. The number of piperazine rings is 1. The number of ether oxygens (including phenoxy) is 1. The fourth-order valence-corrected chi connectivity index (χ4v) is 4.43. The van der Waals surface area contributed by atoms with Crippen LogP contribution in [0.2, 0.25) is 0 Å². The normalized spacial score (nSPS) is 16.0. The minimum absolute atomic E-state index is 0.0141. The van der Waals surface area contributed by atoms with E-state index in [0.717, 1.165) is 28.8 Å². The maximum absolute atomic E-state index is 12.8. The second kappa shape index (κ2) is 9.51. The molecular formula is C28H28N4O2. The lowest BCUT2D eigenvalue weighted by molar-refractivity contribution is -0.134. The molecule has 2 heterocycles. The van der Waals surface area contributed by atoms with Crippen molar-refractivity contribution in [3.05, 3.63) is 84.6 Å². The van der Waals surface area contributed by atoms with Gasteiger partial charge in [0.2, 0.25) is 0 Å². The minimum Gasteiger partial charge on any atom is -0.484 e. The molecule has 1 aliphatic rings. The predicted octanol–water partition coefficient (Wildman–Crippen LogP) is 4.72. The van der Waals surface area contributed by atoms with Crippen molar-refractivity contribution in [3.63, 3.8) is 0 Å². The molecule has 6 heteroatoms. The number of nitrogens with zero attached hydrogens (tertiary/aromatic N) is 4. The molecule has 1 amide bonds. The van der Waals surface area contributed by atoms with Crippen molar-refractivity contribution in [3.8, 4) is 17.0 Å². The zero-order valence-electron chi connectivity index (χ0n) is 19.5. The van der Waals surface area contributed by atoms with Crippen LogP contribution in [0.25, 0.3) is 22.3 Å². The average Bonchev–Trinajstić information content (AvgIpc) is 2.87. The lowest BCUT2D eigenvalue weighted by Crippen LogP contribution is -2.54. The number of carbonyl (C=O) groups is 1. The van der Waals surface area contributed by atoms with Gasteiger partial charge in [0.05, 0.1) is 22.9 Å². The van der Waals surface area contributed by atoms with Gasteiger partial charge in [-0.2, -0.15) is 0 Å². The van der Waals surface area contributed by atoms with Crippen LogP contribution in [0.15, 0.2) is 79.0 Å². The highest BCUT2D eigenvalue weighted by molar-refractivity contribution is 5.78. The molecule has 0 spiro atoms. The summed E-state index contributed by atoms with van der Waals surface area (Å²) in [4.78, 5) is 26.2. The van der Waals surface area contributed by atoms with Crippen LogP contribution in [0.1, 0.15) is 12.5 Å². The van der Waals surface area contributed by atoms with Gasteiger partial charge in [-0.15, -0.1) is 0 Å². The van der Waals surface area contributed by atoms with E-state index < -0.39 is 0 Å². The molecule has 1 fully saturated rings. The number of anilines is 1. The average molecular weight is 453 g/mol. The Hall–Kier alpha value is -3.93. The van der Waals surface area contributed by atoms with Crippen molar-refractivity contribution in [2.24, 2.45) is 0 Å². The largest absolute Gasteiger partial charge is 0.484 e. The van der Waals surface area contributed by atoms with Crippen LogP contribution in [-0.2, 0) is 4.79 Å². The van der Waals surface area contributed by atoms with Crippen molar-refractivity contribution >= 4 is 22.6 Å². The number of hydrogen-bond donors (Lipinski definition) is 0. The fraction of sp³-hybridized carbons (Fsp3) is 0.250. The number of hydrogen-bond acceptors (Lipinski definition) is 5. The third-order valence-corrected chi connectivity index (χ3v) is 6.27. The summed E-state index contributed by atoms with van der Waals surface area (Å²) in [5.41, 5.74) is 5.96. The Morgan fingerprint density at radius 2 is 1.79 bits per heavy atom. The van der Waals surface area contributed by atoms with Crippen molar-refractivity contribution in [1.82, 2.24) is 14.9 Å².